The second kappa shape index (κ2) is 9.18. The van der Waals surface area contributed by atoms with E-state index in [-0.39, 0.29) is 35.8 Å². The van der Waals surface area contributed by atoms with Crippen LogP contribution in [0.25, 0.3) is 0 Å². The minimum atomic E-state index is -0.811. The number of hydrogen-bond acceptors (Lipinski definition) is 6. The monoisotopic (exact) mass is 480 g/mol. The first-order valence-corrected chi connectivity index (χ1v) is 11.1. The van der Waals surface area contributed by atoms with Crippen LogP contribution < -0.4 is 20.1 Å². The third-order valence-corrected chi connectivity index (χ3v) is 6.73. The van der Waals surface area contributed by atoms with Gasteiger partial charge in [0, 0.05) is 18.7 Å². The summed E-state index contributed by atoms with van der Waals surface area (Å²) in [7, 11) is 1.75. The molecule has 1 aromatic carbocycles. The number of fused-ring (bicyclic) bond motifs is 3. The summed E-state index contributed by atoms with van der Waals surface area (Å²) >= 11 is 5.65. The van der Waals surface area contributed by atoms with Crippen molar-refractivity contribution < 1.29 is 28.6 Å². The van der Waals surface area contributed by atoms with Gasteiger partial charge < -0.3 is 25.2 Å². The predicted octanol–water partition coefficient (Wildman–Crippen LogP) is 1.72. The van der Waals surface area contributed by atoms with Crippen molar-refractivity contribution in [1.82, 2.24) is 20.4 Å². The SMILES string of the molecule is Cn1cc(OCC(=O)NC23CCC(NC(=O)COc4ccc(Cl)c(F)c4)(CC2)CC3O)cn1. The van der Waals surface area contributed by atoms with E-state index in [4.69, 9.17) is 21.1 Å². The first-order valence-electron chi connectivity index (χ1n) is 10.7. The largest absolute Gasteiger partial charge is 0.484 e. The maximum atomic E-state index is 13.5. The van der Waals surface area contributed by atoms with Crippen LogP contribution in [0.4, 0.5) is 4.39 Å². The number of amides is 2. The first-order chi connectivity index (χ1) is 15.7. The molecular weight excluding hydrogens is 455 g/mol. The number of aliphatic hydroxyl groups is 1. The molecule has 0 saturated heterocycles. The topological polar surface area (TPSA) is 115 Å². The molecule has 33 heavy (non-hydrogen) atoms. The van der Waals surface area contributed by atoms with Gasteiger partial charge in [-0.3, -0.25) is 14.3 Å². The average molecular weight is 481 g/mol. The van der Waals surface area contributed by atoms with Gasteiger partial charge in [-0.1, -0.05) is 11.6 Å². The van der Waals surface area contributed by atoms with E-state index in [1.165, 1.54) is 18.3 Å². The summed E-state index contributed by atoms with van der Waals surface area (Å²) in [6, 6.07) is 3.96. The normalized spacial score (nSPS) is 26.0. The molecule has 1 unspecified atom stereocenters. The van der Waals surface area contributed by atoms with Gasteiger partial charge in [0.15, 0.2) is 19.0 Å². The zero-order chi connectivity index (χ0) is 23.6. The van der Waals surface area contributed by atoms with E-state index >= 15 is 0 Å². The zero-order valence-corrected chi connectivity index (χ0v) is 18.9. The number of hydrogen-bond donors (Lipinski definition) is 3. The maximum absolute atomic E-state index is 13.5. The summed E-state index contributed by atoms with van der Waals surface area (Å²) in [5, 5.41) is 20.7. The highest BCUT2D eigenvalue weighted by molar-refractivity contribution is 6.30. The molecule has 9 nitrogen and oxygen atoms in total. The fourth-order valence-electron chi connectivity index (χ4n) is 4.65. The highest BCUT2D eigenvalue weighted by Gasteiger charge is 2.55. The van der Waals surface area contributed by atoms with Crippen molar-refractivity contribution in [3.05, 3.63) is 41.4 Å². The van der Waals surface area contributed by atoms with Gasteiger partial charge in [0.25, 0.3) is 11.8 Å². The summed E-state index contributed by atoms with van der Waals surface area (Å²) in [6.45, 7) is -0.461. The Hall–Kier alpha value is -2.85. The Labute approximate surface area is 195 Å². The van der Waals surface area contributed by atoms with E-state index in [2.05, 4.69) is 15.7 Å². The number of rotatable bonds is 8. The molecule has 3 saturated carbocycles. The summed E-state index contributed by atoms with van der Waals surface area (Å²) in [5.74, 6) is -0.615. The molecule has 3 aliphatic carbocycles. The van der Waals surface area contributed by atoms with E-state index in [0.717, 1.165) is 6.07 Å². The van der Waals surface area contributed by atoms with Gasteiger partial charge in [-0.25, -0.2) is 4.39 Å². The molecule has 0 spiro atoms. The van der Waals surface area contributed by atoms with Crippen LogP contribution in [0.3, 0.4) is 0 Å². The number of halogens is 2. The van der Waals surface area contributed by atoms with Crippen molar-refractivity contribution in [1.29, 1.82) is 0 Å². The number of aryl methyl sites for hydroxylation is 1. The average Bonchev–Trinajstić information content (AvgIpc) is 3.19. The van der Waals surface area contributed by atoms with Crippen molar-refractivity contribution in [2.24, 2.45) is 7.05 Å². The van der Waals surface area contributed by atoms with Crippen LogP contribution in [-0.4, -0.2) is 57.1 Å². The van der Waals surface area contributed by atoms with Gasteiger partial charge in [0.1, 0.15) is 11.6 Å². The van der Waals surface area contributed by atoms with Gasteiger partial charge >= 0.3 is 0 Å². The van der Waals surface area contributed by atoms with E-state index in [1.807, 2.05) is 0 Å². The predicted molar refractivity (Wildman–Crippen MR) is 116 cm³/mol. The fourth-order valence-corrected chi connectivity index (χ4v) is 4.76. The molecule has 5 rings (SSSR count). The van der Waals surface area contributed by atoms with E-state index in [9.17, 15) is 19.1 Å². The molecular formula is C22H26ClFN4O5. The molecule has 2 aromatic rings. The number of ether oxygens (including phenoxy) is 2. The molecule has 1 heterocycles. The van der Waals surface area contributed by atoms with Gasteiger partial charge in [-0.15, -0.1) is 0 Å². The molecule has 1 aromatic heterocycles. The van der Waals surface area contributed by atoms with Crippen LogP contribution in [0.15, 0.2) is 30.6 Å². The third kappa shape index (κ3) is 5.22. The van der Waals surface area contributed by atoms with Crippen LogP contribution in [-0.2, 0) is 16.6 Å². The number of benzene rings is 1. The minimum absolute atomic E-state index is 0.0247. The number of nitrogens with one attached hydrogen (secondary N) is 2. The summed E-state index contributed by atoms with van der Waals surface area (Å²) in [5.41, 5.74) is -1.30. The third-order valence-electron chi connectivity index (χ3n) is 6.43. The molecule has 0 radical (unpaired) electrons. The van der Waals surface area contributed by atoms with Crippen LogP contribution in [0.5, 0.6) is 11.5 Å². The van der Waals surface area contributed by atoms with Crippen LogP contribution >= 0.6 is 11.6 Å². The van der Waals surface area contributed by atoms with Crippen molar-refractivity contribution in [2.75, 3.05) is 13.2 Å². The molecule has 3 aliphatic rings. The van der Waals surface area contributed by atoms with Gasteiger partial charge in [0.2, 0.25) is 0 Å². The molecule has 0 aliphatic heterocycles. The molecule has 2 bridgehead atoms. The lowest BCUT2D eigenvalue weighted by Gasteiger charge is -2.56. The van der Waals surface area contributed by atoms with Gasteiger partial charge in [0.05, 0.1) is 29.1 Å². The van der Waals surface area contributed by atoms with E-state index < -0.39 is 23.0 Å². The fraction of sp³-hybridized carbons (Fsp3) is 0.500. The minimum Gasteiger partial charge on any atom is -0.484 e. The Kier molecular flexibility index (Phi) is 6.49. The Morgan fingerprint density at radius 3 is 2.45 bits per heavy atom. The number of carbonyl (C=O) groups excluding carboxylic acids is 2. The van der Waals surface area contributed by atoms with Crippen LogP contribution in [0.2, 0.25) is 5.02 Å². The molecule has 1 atom stereocenters. The molecule has 178 valence electrons. The second-order valence-electron chi connectivity index (χ2n) is 8.76. The Morgan fingerprint density at radius 1 is 1.18 bits per heavy atom. The highest BCUT2D eigenvalue weighted by atomic mass is 35.5. The summed E-state index contributed by atoms with van der Waals surface area (Å²) in [4.78, 5) is 24.9. The lowest BCUT2D eigenvalue weighted by molar-refractivity contribution is -0.137. The summed E-state index contributed by atoms with van der Waals surface area (Å²) < 4.78 is 25.9. The standard InChI is InChI=1S/C22H26ClFN4O5/c1-28-11-15(10-25-28)33-13-20(31)27-22-6-4-21(5-7-22,9-18(22)29)26-19(30)12-32-14-2-3-16(23)17(24)8-14/h2-3,8,10-11,18,29H,4-7,9,12-13H2,1H3,(H,26,30)(H,27,31). The Balaban J connectivity index is 1.27. The lowest BCUT2D eigenvalue weighted by atomic mass is 9.60. The lowest BCUT2D eigenvalue weighted by Crippen LogP contribution is -2.70. The van der Waals surface area contributed by atoms with Crippen molar-refractivity contribution in [3.63, 3.8) is 0 Å². The first kappa shape index (κ1) is 23.3. The number of nitrogens with zero attached hydrogens (tertiary/aromatic N) is 2. The molecule has 3 N–H and O–H groups in total. The Morgan fingerprint density at radius 2 is 1.85 bits per heavy atom. The van der Waals surface area contributed by atoms with Crippen molar-refractivity contribution in [3.8, 4) is 11.5 Å². The van der Waals surface area contributed by atoms with Crippen LogP contribution in [0.1, 0.15) is 32.1 Å². The Bertz CT molecular complexity index is 1040. The second-order valence-corrected chi connectivity index (χ2v) is 9.16. The van der Waals surface area contributed by atoms with E-state index in [1.54, 1.807) is 17.9 Å². The summed E-state index contributed by atoms with van der Waals surface area (Å²) in [6.07, 6.45) is 4.95. The number of aromatic nitrogens is 2. The maximum Gasteiger partial charge on any atom is 0.258 e. The molecule has 3 fully saturated rings. The highest BCUT2D eigenvalue weighted by Crippen LogP contribution is 2.47. The van der Waals surface area contributed by atoms with Gasteiger partial charge in [-0.05, 0) is 44.2 Å². The molecule has 2 amide bonds. The zero-order valence-electron chi connectivity index (χ0n) is 18.1. The smallest absolute Gasteiger partial charge is 0.258 e. The van der Waals surface area contributed by atoms with Gasteiger partial charge in [-0.2, -0.15) is 5.10 Å². The van der Waals surface area contributed by atoms with Crippen molar-refractivity contribution >= 4 is 23.4 Å². The number of carbonyl (C=O) groups is 2. The van der Waals surface area contributed by atoms with Crippen molar-refractivity contribution in [2.45, 2.75) is 49.3 Å². The quantitative estimate of drug-likeness (QED) is 0.530. The number of aliphatic hydroxyl groups excluding tert-OH is 1. The van der Waals surface area contributed by atoms with E-state index in [0.29, 0.717) is 37.9 Å². The molecule has 11 heteroatoms. The van der Waals surface area contributed by atoms with Crippen LogP contribution in [0, 0.1) is 5.82 Å².